The Labute approximate surface area is 133 Å². The fourth-order valence-electron chi connectivity index (χ4n) is 3.35. The molecule has 4 heteroatoms. The Morgan fingerprint density at radius 2 is 1.81 bits per heavy atom. The summed E-state index contributed by atoms with van der Waals surface area (Å²) in [6.45, 7) is 6.54. The Hall–Kier alpha value is -0.505. The minimum Gasteiger partial charge on any atom is -0.403 e. The van der Waals surface area contributed by atoms with Crippen molar-refractivity contribution in [3.8, 4) is 0 Å². The molecule has 0 radical (unpaired) electrons. The van der Waals surface area contributed by atoms with E-state index in [0.717, 1.165) is 23.7 Å². The van der Waals surface area contributed by atoms with Crippen molar-refractivity contribution < 1.29 is 9.31 Å². The molecule has 2 nitrogen and oxygen atoms in total. The van der Waals surface area contributed by atoms with Gasteiger partial charge in [0.2, 0.25) is 0 Å². The predicted molar refractivity (Wildman–Crippen MR) is 87.5 cm³/mol. The maximum atomic E-state index is 6.35. The van der Waals surface area contributed by atoms with E-state index in [4.69, 9.17) is 20.9 Å². The molecule has 0 spiro atoms. The summed E-state index contributed by atoms with van der Waals surface area (Å²) in [5.74, 6) is 0.812. The van der Waals surface area contributed by atoms with Crippen LogP contribution in [0, 0.1) is 5.92 Å². The van der Waals surface area contributed by atoms with E-state index in [1.807, 2.05) is 24.3 Å². The fraction of sp³-hybridized carbons (Fsp3) is 0.647. The van der Waals surface area contributed by atoms with E-state index in [0.29, 0.717) is 0 Å². The molecule has 0 N–H and O–H groups in total. The van der Waals surface area contributed by atoms with Crippen molar-refractivity contribution in [3.05, 3.63) is 34.9 Å². The standard InChI is InChI=1S/C17H24BClO2/c1-16(2)17(3,11-13-5-4-6-13)21-18(20-16)12-14-7-9-15(19)10-8-14/h7-10,13H,4-6,11-12H2,1-3H3. The summed E-state index contributed by atoms with van der Waals surface area (Å²) in [7, 11) is -0.161. The van der Waals surface area contributed by atoms with Crippen LogP contribution >= 0.6 is 11.6 Å². The van der Waals surface area contributed by atoms with Crippen molar-refractivity contribution in [1.29, 1.82) is 0 Å². The van der Waals surface area contributed by atoms with Crippen LogP contribution in [0.3, 0.4) is 0 Å². The highest BCUT2D eigenvalue weighted by molar-refractivity contribution is 6.45. The molecular formula is C17H24BClO2. The van der Waals surface area contributed by atoms with Crippen LogP contribution in [0.4, 0.5) is 0 Å². The van der Waals surface area contributed by atoms with Gasteiger partial charge in [0.1, 0.15) is 0 Å². The first-order valence-corrected chi connectivity index (χ1v) is 8.36. The van der Waals surface area contributed by atoms with Gasteiger partial charge in [0.05, 0.1) is 11.2 Å². The Kier molecular flexibility index (Phi) is 4.11. The fourth-order valence-corrected chi connectivity index (χ4v) is 3.47. The lowest BCUT2D eigenvalue weighted by molar-refractivity contribution is -0.0350. The van der Waals surface area contributed by atoms with Crippen molar-refractivity contribution in [2.24, 2.45) is 5.92 Å². The average molecular weight is 307 g/mol. The van der Waals surface area contributed by atoms with Crippen LogP contribution < -0.4 is 0 Å². The van der Waals surface area contributed by atoms with Crippen LogP contribution in [0.2, 0.25) is 5.02 Å². The molecule has 0 aromatic heterocycles. The normalized spacial score (nSPS) is 28.7. The summed E-state index contributed by atoms with van der Waals surface area (Å²) in [6.07, 6.45) is 5.95. The van der Waals surface area contributed by atoms with Gasteiger partial charge in [-0.2, -0.15) is 0 Å². The van der Waals surface area contributed by atoms with Crippen LogP contribution in [0.5, 0.6) is 0 Å². The number of hydrogen-bond acceptors (Lipinski definition) is 2. The van der Waals surface area contributed by atoms with Gasteiger partial charge < -0.3 is 9.31 Å². The summed E-state index contributed by atoms with van der Waals surface area (Å²) in [6, 6.07) is 7.93. The minimum atomic E-state index is -0.236. The van der Waals surface area contributed by atoms with Crippen LogP contribution in [0.25, 0.3) is 0 Å². The quantitative estimate of drug-likeness (QED) is 0.752. The largest absolute Gasteiger partial charge is 0.462 e. The second-order valence-electron chi connectivity index (χ2n) is 7.24. The lowest BCUT2D eigenvalue weighted by Gasteiger charge is -2.41. The van der Waals surface area contributed by atoms with Gasteiger partial charge in [0, 0.05) is 11.3 Å². The second-order valence-corrected chi connectivity index (χ2v) is 7.67. The van der Waals surface area contributed by atoms with Gasteiger partial charge in [-0.3, -0.25) is 0 Å². The first kappa shape index (κ1) is 15.4. The molecule has 1 aliphatic heterocycles. The zero-order valence-corrected chi connectivity index (χ0v) is 14.0. The van der Waals surface area contributed by atoms with Crippen LogP contribution in [-0.2, 0) is 15.6 Å². The van der Waals surface area contributed by atoms with Crippen LogP contribution in [-0.4, -0.2) is 18.3 Å². The first-order valence-electron chi connectivity index (χ1n) is 7.98. The lowest BCUT2D eigenvalue weighted by Crippen LogP contribution is -2.46. The third-order valence-corrected chi connectivity index (χ3v) is 5.56. The van der Waals surface area contributed by atoms with E-state index in [2.05, 4.69) is 20.8 Å². The molecule has 21 heavy (non-hydrogen) atoms. The molecular weight excluding hydrogens is 282 g/mol. The zero-order chi connectivity index (χ0) is 15.1. The summed E-state index contributed by atoms with van der Waals surface area (Å²) < 4.78 is 12.6. The molecule has 1 saturated heterocycles. The highest BCUT2D eigenvalue weighted by Gasteiger charge is 2.54. The van der Waals surface area contributed by atoms with Crippen molar-refractivity contribution in [3.63, 3.8) is 0 Å². The summed E-state index contributed by atoms with van der Waals surface area (Å²) in [5.41, 5.74) is 0.780. The number of halogens is 1. The highest BCUT2D eigenvalue weighted by atomic mass is 35.5. The van der Waals surface area contributed by atoms with Gasteiger partial charge in [0.25, 0.3) is 0 Å². The second kappa shape index (κ2) is 5.60. The first-order chi connectivity index (χ1) is 9.88. The third kappa shape index (κ3) is 3.15. The maximum absolute atomic E-state index is 6.35. The molecule has 1 aromatic carbocycles. The number of benzene rings is 1. The highest BCUT2D eigenvalue weighted by Crippen LogP contribution is 2.45. The monoisotopic (exact) mass is 306 g/mol. The summed E-state index contributed by atoms with van der Waals surface area (Å²) >= 11 is 5.94. The van der Waals surface area contributed by atoms with Crippen molar-refractivity contribution in [2.75, 3.05) is 0 Å². The predicted octanol–water partition coefficient (Wildman–Crippen LogP) is 4.68. The Balaban J connectivity index is 1.67. The van der Waals surface area contributed by atoms with Gasteiger partial charge in [-0.15, -0.1) is 0 Å². The van der Waals surface area contributed by atoms with Crippen molar-refractivity contribution in [2.45, 2.75) is 64.0 Å². The molecule has 1 unspecified atom stereocenters. The molecule has 0 amide bonds. The Bertz CT molecular complexity index is 498. The molecule has 1 saturated carbocycles. The Morgan fingerprint density at radius 1 is 1.14 bits per heavy atom. The topological polar surface area (TPSA) is 18.5 Å². The van der Waals surface area contributed by atoms with Gasteiger partial charge in [-0.25, -0.2) is 0 Å². The van der Waals surface area contributed by atoms with E-state index >= 15 is 0 Å². The van der Waals surface area contributed by atoms with Gasteiger partial charge in [-0.1, -0.05) is 43.0 Å². The van der Waals surface area contributed by atoms with E-state index in [1.54, 1.807) is 0 Å². The molecule has 3 rings (SSSR count). The van der Waals surface area contributed by atoms with Crippen LogP contribution in [0.15, 0.2) is 24.3 Å². The van der Waals surface area contributed by atoms with Crippen molar-refractivity contribution in [1.82, 2.24) is 0 Å². The number of hydrogen-bond donors (Lipinski definition) is 0. The van der Waals surface area contributed by atoms with E-state index in [1.165, 1.54) is 24.8 Å². The molecule has 1 heterocycles. The van der Waals surface area contributed by atoms with Gasteiger partial charge >= 0.3 is 7.12 Å². The van der Waals surface area contributed by atoms with Gasteiger partial charge in [-0.05, 0) is 50.8 Å². The molecule has 2 aliphatic rings. The Morgan fingerprint density at radius 3 is 2.38 bits per heavy atom. The summed E-state index contributed by atoms with van der Waals surface area (Å²) in [4.78, 5) is 0. The average Bonchev–Trinajstić information content (AvgIpc) is 2.58. The zero-order valence-electron chi connectivity index (χ0n) is 13.2. The smallest absolute Gasteiger partial charge is 0.403 e. The molecule has 1 aliphatic carbocycles. The molecule has 1 aromatic rings. The van der Waals surface area contributed by atoms with Crippen molar-refractivity contribution >= 4 is 18.7 Å². The van der Waals surface area contributed by atoms with E-state index in [-0.39, 0.29) is 18.3 Å². The lowest BCUT2D eigenvalue weighted by atomic mass is 9.73. The maximum Gasteiger partial charge on any atom is 0.462 e. The molecule has 1 atom stereocenters. The minimum absolute atomic E-state index is 0.161. The summed E-state index contributed by atoms with van der Waals surface area (Å²) in [5, 5.41) is 0.766. The van der Waals surface area contributed by atoms with Crippen LogP contribution in [0.1, 0.15) is 52.0 Å². The molecule has 114 valence electrons. The van der Waals surface area contributed by atoms with Gasteiger partial charge in [0.15, 0.2) is 0 Å². The SMILES string of the molecule is CC1(C)OB(Cc2ccc(Cl)cc2)OC1(C)CC1CCC1. The van der Waals surface area contributed by atoms with E-state index < -0.39 is 0 Å². The molecule has 2 fully saturated rings. The number of rotatable bonds is 4. The van der Waals surface area contributed by atoms with E-state index in [9.17, 15) is 0 Å². The molecule has 0 bridgehead atoms. The third-order valence-electron chi connectivity index (χ3n) is 5.31.